The molecule has 0 rings (SSSR count). The van der Waals surface area contributed by atoms with Crippen LogP contribution in [0.3, 0.4) is 0 Å². The predicted octanol–water partition coefficient (Wildman–Crippen LogP) is -1.29. The molecule has 3 N–H and O–H groups in total. The molecule has 0 bridgehead atoms. The van der Waals surface area contributed by atoms with Crippen molar-refractivity contribution in [1.82, 2.24) is 0 Å². The second-order valence-corrected chi connectivity index (χ2v) is 0.245. The van der Waals surface area contributed by atoms with Gasteiger partial charge in [-0.2, -0.15) is 0 Å². The van der Waals surface area contributed by atoms with E-state index in [1.165, 1.54) is 0 Å². The molecule has 0 aliphatic carbocycles. The van der Waals surface area contributed by atoms with E-state index < -0.39 is 8.69 Å². The van der Waals surface area contributed by atoms with Gasteiger partial charge in [-0.3, -0.25) is 0 Å². The van der Waals surface area contributed by atoms with Crippen molar-refractivity contribution >= 4 is 38.2 Å². The molecule has 5 heavy (non-hydrogen) atoms. The first-order valence-electron chi connectivity index (χ1n) is 0.383. The molecule has 5 heteroatoms. The summed E-state index contributed by atoms with van der Waals surface area (Å²) in [6.45, 7) is 0. The Kier molecular flexibility index (Phi) is 66.1. The molecule has 0 saturated carbocycles. The van der Waals surface area contributed by atoms with E-state index in [1.807, 2.05) is 0 Å². The summed E-state index contributed by atoms with van der Waals surface area (Å²) in [6, 6.07) is 0. The molecule has 0 atom stereocenters. The normalized spacial score (nSPS) is 4.20. The summed E-state index contributed by atoms with van der Waals surface area (Å²) in [4.78, 5) is 6.99. The first-order valence-corrected chi connectivity index (χ1v) is 1.15. The molecule has 28 valence electrons. The van der Waals surface area contributed by atoms with Crippen LogP contribution in [0.2, 0.25) is 0 Å². The third-order valence-electron chi connectivity index (χ3n) is 0. The summed E-state index contributed by atoms with van der Waals surface area (Å²) < 4.78 is 8.46. The fraction of sp³-hybridized carbons (Fsp3) is 0. The van der Waals surface area contributed by atoms with Crippen LogP contribution in [0, 0.1) is 0 Å². The third kappa shape index (κ3) is 44.0. The molecular formula is H4NaO3P. The predicted molar refractivity (Wildman–Crippen MR) is 20.6 cm³/mol. The Morgan fingerprint density at radius 2 is 1.60 bits per heavy atom. The van der Waals surface area contributed by atoms with Gasteiger partial charge >= 0.3 is 38.2 Å². The van der Waals surface area contributed by atoms with E-state index >= 15 is 0 Å². The molecule has 0 aromatic heterocycles. The average molecular weight is 106 g/mol. The van der Waals surface area contributed by atoms with Gasteiger partial charge in [0, 0.05) is 0 Å². The van der Waals surface area contributed by atoms with Crippen molar-refractivity contribution < 1.29 is 14.9 Å². The average Bonchev–Trinajstić information content (AvgIpc) is 0.918. The van der Waals surface area contributed by atoms with E-state index in [2.05, 4.69) is 0 Å². The summed E-state index contributed by atoms with van der Waals surface area (Å²) in [7, 11) is -0.833. The Balaban J connectivity index is -0.0000000200. The summed E-state index contributed by atoms with van der Waals surface area (Å²) in [5, 5.41) is 0. The van der Waals surface area contributed by atoms with E-state index in [1.54, 1.807) is 0 Å². The van der Waals surface area contributed by atoms with Gasteiger partial charge in [0.1, 0.15) is 0 Å². The van der Waals surface area contributed by atoms with Crippen LogP contribution in [-0.2, 0) is 4.57 Å². The first-order chi connectivity index (χ1) is 1.41. The molecule has 0 spiro atoms. The van der Waals surface area contributed by atoms with E-state index in [4.69, 9.17) is 9.46 Å². The summed E-state index contributed by atoms with van der Waals surface area (Å²) >= 11 is 0. The fourth-order valence-corrected chi connectivity index (χ4v) is 0. The van der Waals surface area contributed by atoms with Crippen LogP contribution in [0.15, 0.2) is 0 Å². The molecule has 0 aliphatic heterocycles. The van der Waals surface area contributed by atoms with Gasteiger partial charge in [0.15, 0.2) is 0 Å². The van der Waals surface area contributed by atoms with Gasteiger partial charge in [-0.1, -0.05) is 0 Å². The summed E-state index contributed by atoms with van der Waals surface area (Å²) in [6.07, 6.45) is 0. The van der Waals surface area contributed by atoms with Gasteiger partial charge in [0.2, 0.25) is 0 Å². The van der Waals surface area contributed by atoms with Crippen molar-refractivity contribution in [2.45, 2.75) is 0 Å². The Hall–Kier alpha value is 1.02. The minimum atomic E-state index is -0.833. The maximum absolute atomic E-state index is 8.46. The van der Waals surface area contributed by atoms with Gasteiger partial charge in [-0.15, -0.1) is 0 Å². The van der Waals surface area contributed by atoms with Crippen molar-refractivity contribution in [3.63, 3.8) is 0 Å². The molecule has 0 saturated heterocycles. The van der Waals surface area contributed by atoms with Crippen molar-refractivity contribution in [2.24, 2.45) is 0 Å². The molecule has 0 radical (unpaired) electrons. The van der Waals surface area contributed by atoms with Crippen LogP contribution in [0.1, 0.15) is 0 Å². The Morgan fingerprint density at radius 3 is 1.60 bits per heavy atom. The zero-order valence-electron chi connectivity index (χ0n) is 1.80. The fourth-order valence-electron chi connectivity index (χ4n) is 0. The molecule has 0 amide bonds. The SMILES string of the molecule is O.O=PO.[NaH]. The quantitative estimate of drug-likeness (QED) is 0.308. The molecule has 0 unspecified atom stereocenters. The maximum atomic E-state index is 8.46. The van der Waals surface area contributed by atoms with Gasteiger partial charge in [-0.25, -0.2) is 4.57 Å². The standard InChI is InChI=1S/Na.HO2P.H2O.H/c;1-3-2;;/h;(H,1,2);1H2;. The van der Waals surface area contributed by atoms with Crippen molar-refractivity contribution in [3.8, 4) is 0 Å². The van der Waals surface area contributed by atoms with Crippen LogP contribution in [0.25, 0.3) is 0 Å². The van der Waals surface area contributed by atoms with E-state index in [0.29, 0.717) is 0 Å². The topological polar surface area (TPSA) is 68.8 Å². The van der Waals surface area contributed by atoms with Crippen LogP contribution in [-0.4, -0.2) is 39.9 Å². The Bertz CT molecular complexity index is 14.4. The summed E-state index contributed by atoms with van der Waals surface area (Å²) in [5.41, 5.74) is 0. The molecule has 0 aliphatic rings. The molecule has 0 heterocycles. The molecule has 0 fully saturated rings. The Labute approximate surface area is 53.3 Å². The van der Waals surface area contributed by atoms with Crippen LogP contribution in [0.4, 0.5) is 0 Å². The Morgan fingerprint density at radius 1 is 1.60 bits per heavy atom. The minimum absolute atomic E-state index is 0. The first kappa shape index (κ1) is 16.6. The number of rotatable bonds is 0. The van der Waals surface area contributed by atoms with Crippen molar-refractivity contribution in [1.29, 1.82) is 0 Å². The number of hydrogen-bond donors (Lipinski definition) is 1. The van der Waals surface area contributed by atoms with Crippen LogP contribution >= 0.6 is 8.69 Å². The van der Waals surface area contributed by atoms with E-state index in [0.717, 1.165) is 0 Å². The van der Waals surface area contributed by atoms with Crippen LogP contribution in [0.5, 0.6) is 0 Å². The van der Waals surface area contributed by atoms with Crippen molar-refractivity contribution in [2.75, 3.05) is 0 Å². The molecular weight excluding hydrogens is 102 g/mol. The van der Waals surface area contributed by atoms with E-state index in [-0.39, 0.29) is 35.0 Å². The monoisotopic (exact) mass is 106 g/mol. The van der Waals surface area contributed by atoms with Gasteiger partial charge in [0.05, 0.1) is 0 Å². The van der Waals surface area contributed by atoms with Crippen molar-refractivity contribution in [3.05, 3.63) is 0 Å². The van der Waals surface area contributed by atoms with E-state index in [9.17, 15) is 0 Å². The molecule has 0 aromatic carbocycles. The second-order valence-electron chi connectivity index (χ2n) is 0.0816. The second kappa shape index (κ2) is 19.9. The zero-order chi connectivity index (χ0) is 2.71. The number of hydrogen-bond acceptors (Lipinski definition) is 1. The van der Waals surface area contributed by atoms with Crippen LogP contribution < -0.4 is 0 Å². The third-order valence-corrected chi connectivity index (χ3v) is 0. The molecule has 0 aromatic rings. The zero-order valence-corrected chi connectivity index (χ0v) is 2.70. The van der Waals surface area contributed by atoms with Gasteiger partial charge < -0.3 is 10.4 Å². The van der Waals surface area contributed by atoms with Gasteiger partial charge in [0.25, 0.3) is 0 Å². The summed E-state index contributed by atoms with van der Waals surface area (Å²) in [5.74, 6) is 0. The van der Waals surface area contributed by atoms with Gasteiger partial charge in [-0.05, 0) is 0 Å². The molecule has 3 nitrogen and oxygen atoms in total.